The van der Waals surface area contributed by atoms with Gasteiger partial charge in [0, 0.05) is 5.56 Å². The topological polar surface area (TPSA) is 105 Å². The molecule has 1 heterocycles. The third-order valence-electron chi connectivity index (χ3n) is 3.06. The number of hydrogen-bond acceptors (Lipinski definition) is 7. The van der Waals surface area contributed by atoms with Crippen LogP contribution in [0.2, 0.25) is 0 Å². The predicted molar refractivity (Wildman–Crippen MR) is 77.2 cm³/mol. The molecule has 0 saturated carbocycles. The van der Waals surface area contributed by atoms with Crippen LogP contribution in [-0.4, -0.2) is 55.3 Å². The lowest BCUT2D eigenvalue weighted by molar-refractivity contribution is -0.101. The number of aliphatic hydroxyl groups is 4. The molecule has 6 nitrogen and oxygen atoms in total. The molecule has 110 valence electrons. The molecule has 0 aromatic heterocycles. The summed E-state index contributed by atoms with van der Waals surface area (Å²) in [5.74, 6) is 0. The van der Waals surface area contributed by atoms with Crippen molar-refractivity contribution >= 4 is 16.8 Å². The summed E-state index contributed by atoms with van der Waals surface area (Å²) in [6, 6.07) is 9.45. The summed E-state index contributed by atoms with van der Waals surface area (Å²) in [5.41, 5.74) is 3.64. The second-order valence-corrected chi connectivity index (χ2v) is 5.79. The second kappa shape index (κ2) is 6.55. The lowest BCUT2D eigenvalue weighted by atomic mass is 10.0. The summed E-state index contributed by atoms with van der Waals surface area (Å²) in [6.45, 7) is 1.35. The number of rotatable bonds is 5. The quantitative estimate of drug-likeness (QED) is 0.501. The molecule has 1 aliphatic heterocycles. The van der Waals surface area contributed by atoms with Gasteiger partial charge in [-0.15, -0.1) is 0 Å². The van der Waals surface area contributed by atoms with E-state index in [0.717, 1.165) is 5.56 Å². The van der Waals surface area contributed by atoms with Crippen LogP contribution in [0.25, 0.3) is 0 Å². The van der Waals surface area contributed by atoms with E-state index in [2.05, 4.69) is 10.5 Å². The van der Waals surface area contributed by atoms with Crippen molar-refractivity contribution in [3.63, 3.8) is 0 Å². The molecule has 0 aliphatic carbocycles. The molecular formula is C13H18N2O4S. The molecule has 0 amide bonds. The fourth-order valence-corrected chi connectivity index (χ4v) is 2.85. The van der Waals surface area contributed by atoms with Crippen LogP contribution in [0.3, 0.4) is 0 Å². The Balaban J connectivity index is 1.97. The van der Waals surface area contributed by atoms with Crippen molar-refractivity contribution in [3.8, 4) is 0 Å². The summed E-state index contributed by atoms with van der Waals surface area (Å²) in [5, 5.41) is 42.9. The number of nitrogens with zero attached hydrogens (tertiary/aromatic N) is 1. The van der Waals surface area contributed by atoms with E-state index in [1.807, 2.05) is 30.3 Å². The highest BCUT2D eigenvalue weighted by Gasteiger charge is 2.36. The fourth-order valence-electron chi connectivity index (χ4n) is 1.82. The van der Waals surface area contributed by atoms with Gasteiger partial charge < -0.3 is 20.4 Å². The molecule has 20 heavy (non-hydrogen) atoms. The summed E-state index contributed by atoms with van der Waals surface area (Å²) in [7, 11) is 0. The zero-order chi connectivity index (χ0) is 14.7. The SMILES string of the molecule is C[C@H](O)[C@H](O)[C@H](O)[C@@H](O)[C@@H]1NN=C(c2ccccc2)S1. The van der Waals surface area contributed by atoms with Crippen molar-refractivity contribution in [3.05, 3.63) is 35.9 Å². The first-order valence-electron chi connectivity index (χ1n) is 6.28. The molecule has 0 bridgehead atoms. The van der Waals surface area contributed by atoms with Gasteiger partial charge in [-0.1, -0.05) is 42.1 Å². The van der Waals surface area contributed by atoms with Crippen LogP contribution < -0.4 is 5.43 Å². The van der Waals surface area contributed by atoms with Crippen molar-refractivity contribution in [2.24, 2.45) is 5.10 Å². The Hall–Kier alpha value is -1.12. The summed E-state index contributed by atoms with van der Waals surface area (Å²) < 4.78 is 0. The zero-order valence-electron chi connectivity index (χ0n) is 10.9. The van der Waals surface area contributed by atoms with Crippen molar-refractivity contribution in [2.45, 2.75) is 36.7 Å². The zero-order valence-corrected chi connectivity index (χ0v) is 11.7. The first-order valence-corrected chi connectivity index (χ1v) is 7.16. The number of nitrogens with one attached hydrogen (secondary N) is 1. The van der Waals surface area contributed by atoms with E-state index < -0.39 is 29.8 Å². The van der Waals surface area contributed by atoms with Crippen molar-refractivity contribution in [1.29, 1.82) is 0 Å². The van der Waals surface area contributed by atoms with Crippen LogP contribution in [-0.2, 0) is 0 Å². The molecule has 1 aromatic rings. The third kappa shape index (κ3) is 3.31. The standard InChI is InChI=1S/C13H18N2O4S/c1-7(16)9(17)10(18)11(19)13-15-14-12(20-13)8-5-3-2-4-6-8/h2-7,9-11,13,15-19H,1H3/t7-,9-,10-,11+,13+/m0/s1. The number of hydrazone groups is 1. The van der Waals surface area contributed by atoms with Crippen molar-refractivity contribution in [1.82, 2.24) is 5.43 Å². The van der Waals surface area contributed by atoms with Crippen molar-refractivity contribution < 1.29 is 20.4 Å². The number of hydrogen-bond donors (Lipinski definition) is 5. The minimum absolute atomic E-state index is 0.575. The van der Waals surface area contributed by atoms with Gasteiger partial charge >= 0.3 is 0 Å². The van der Waals surface area contributed by atoms with Crippen LogP contribution in [0.1, 0.15) is 12.5 Å². The van der Waals surface area contributed by atoms with Gasteiger partial charge in [0.15, 0.2) is 0 Å². The molecule has 7 heteroatoms. The van der Waals surface area contributed by atoms with Crippen LogP contribution in [0.15, 0.2) is 35.4 Å². The van der Waals surface area contributed by atoms with E-state index in [1.54, 1.807) is 0 Å². The average molecular weight is 298 g/mol. The predicted octanol–water partition coefficient (Wildman–Crippen LogP) is -0.526. The number of aliphatic hydroxyl groups excluding tert-OH is 4. The van der Waals surface area contributed by atoms with Gasteiger partial charge in [0.2, 0.25) is 0 Å². The van der Waals surface area contributed by atoms with E-state index in [1.165, 1.54) is 18.7 Å². The lowest BCUT2D eigenvalue weighted by Crippen LogP contribution is -2.49. The van der Waals surface area contributed by atoms with E-state index >= 15 is 0 Å². The maximum absolute atomic E-state index is 10.0. The molecule has 5 N–H and O–H groups in total. The Kier molecular flexibility index (Phi) is 5.00. The van der Waals surface area contributed by atoms with E-state index in [9.17, 15) is 20.4 Å². The normalized spacial score (nSPS) is 24.4. The molecule has 0 saturated heterocycles. The molecule has 0 fully saturated rings. The highest BCUT2D eigenvalue weighted by atomic mass is 32.2. The van der Waals surface area contributed by atoms with E-state index in [4.69, 9.17) is 0 Å². The molecule has 0 spiro atoms. The van der Waals surface area contributed by atoms with E-state index in [-0.39, 0.29) is 0 Å². The maximum Gasteiger partial charge on any atom is 0.125 e. The highest BCUT2D eigenvalue weighted by molar-refractivity contribution is 8.15. The average Bonchev–Trinajstić information content (AvgIpc) is 2.95. The lowest BCUT2D eigenvalue weighted by Gasteiger charge is -2.27. The van der Waals surface area contributed by atoms with E-state index in [0.29, 0.717) is 5.04 Å². The van der Waals surface area contributed by atoms with Crippen molar-refractivity contribution in [2.75, 3.05) is 0 Å². The van der Waals surface area contributed by atoms with Gasteiger partial charge in [0.25, 0.3) is 0 Å². The van der Waals surface area contributed by atoms with Crippen LogP contribution in [0.5, 0.6) is 0 Å². The molecule has 2 rings (SSSR count). The highest BCUT2D eigenvalue weighted by Crippen LogP contribution is 2.26. The first-order chi connectivity index (χ1) is 9.50. The summed E-state index contributed by atoms with van der Waals surface area (Å²) in [6.07, 6.45) is -5.24. The minimum Gasteiger partial charge on any atom is -0.391 e. The van der Waals surface area contributed by atoms with Gasteiger partial charge in [-0.25, -0.2) is 0 Å². The van der Waals surface area contributed by atoms with Gasteiger partial charge in [0.05, 0.1) is 6.10 Å². The Labute approximate surface area is 121 Å². The first kappa shape index (κ1) is 15.3. The Morgan fingerprint density at radius 2 is 1.75 bits per heavy atom. The van der Waals surface area contributed by atoms with Gasteiger partial charge in [-0.2, -0.15) is 5.10 Å². The summed E-state index contributed by atoms with van der Waals surface area (Å²) >= 11 is 1.27. The fraction of sp³-hybridized carbons (Fsp3) is 0.462. The van der Waals surface area contributed by atoms with Crippen LogP contribution in [0, 0.1) is 0 Å². The Bertz CT molecular complexity index is 469. The number of benzene rings is 1. The maximum atomic E-state index is 10.0. The third-order valence-corrected chi connectivity index (χ3v) is 4.25. The molecule has 0 radical (unpaired) electrons. The van der Waals surface area contributed by atoms with Crippen LogP contribution >= 0.6 is 11.8 Å². The van der Waals surface area contributed by atoms with Crippen LogP contribution in [0.4, 0.5) is 0 Å². The smallest absolute Gasteiger partial charge is 0.125 e. The van der Waals surface area contributed by atoms with Gasteiger partial charge in [0.1, 0.15) is 28.7 Å². The second-order valence-electron chi connectivity index (χ2n) is 4.66. The van der Waals surface area contributed by atoms with Gasteiger partial charge in [-0.05, 0) is 6.92 Å². The minimum atomic E-state index is -1.45. The molecule has 1 aromatic carbocycles. The summed E-state index contributed by atoms with van der Waals surface area (Å²) in [4.78, 5) is 0. The Morgan fingerprint density at radius 3 is 2.35 bits per heavy atom. The largest absolute Gasteiger partial charge is 0.391 e. The molecule has 0 unspecified atom stereocenters. The molecular weight excluding hydrogens is 280 g/mol. The Morgan fingerprint density at radius 1 is 1.10 bits per heavy atom. The van der Waals surface area contributed by atoms with Gasteiger partial charge in [-0.3, -0.25) is 5.43 Å². The molecule has 1 aliphatic rings. The monoisotopic (exact) mass is 298 g/mol. The number of thioether (sulfide) groups is 1. The molecule has 5 atom stereocenters.